The van der Waals surface area contributed by atoms with E-state index in [-0.39, 0.29) is 35.4 Å². The smallest absolute Gasteiger partial charge is 0.238 e. The van der Waals surface area contributed by atoms with E-state index in [4.69, 9.17) is 11.6 Å². The summed E-state index contributed by atoms with van der Waals surface area (Å²) in [5.41, 5.74) is 0. The number of hydrogen-bond acceptors (Lipinski definition) is 3. The SMILES string of the molecule is CC[C@H](C)N(C(=O)CCl)[C@@H]1CCS(=O)(=O)C1. The Bertz CT molecular complexity index is 355. The number of nitrogens with zero attached hydrogens (tertiary/aromatic N) is 1. The van der Waals surface area contributed by atoms with Gasteiger partial charge < -0.3 is 4.90 Å². The third kappa shape index (κ3) is 3.10. The fraction of sp³-hybridized carbons (Fsp3) is 0.900. The second-order valence-corrected chi connectivity index (χ2v) is 6.74. The number of sulfone groups is 1. The van der Waals surface area contributed by atoms with E-state index >= 15 is 0 Å². The van der Waals surface area contributed by atoms with Gasteiger partial charge in [-0.1, -0.05) is 6.92 Å². The molecule has 1 amide bonds. The van der Waals surface area contributed by atoms with Gasteiger partial charge in [0.05, 0.1) is 11.5 Å². The highest BCUT2D eigenvalue weighted by atomic mass is 35.5. The predicted octanol–water partition coefficient (Wildman–Crippen LogP) is 1.04. The summed E-state index contributed by atoms with van der Waals surface area (Å²) in [6.45, 7) is 3.90. The van der Waals surface area contributed by atoms with Gasteiger partial charge in [-0.3, -0.25) is 4.79 Å². The van der Waals surface area contributed by atoms with E-state index in [0.29, 0.717) is 6.42 Å². The highest BCUT2D eigenvalue weighted by molar-refractivity contribution is 7.91. The number of halogens is 1. The molecule has 0 bridgehead atoms. The summed E-state index contributed by atoms with van der Waals surface area (Å²) in [5.74, 6) is 0.0132. The van der Waals surface area contributed by atoms with Crippen LogP contribution in [0.3, 0.4) is 0 Å². The van der Waals surface area contributed by atoms with Crippen molar-refractivity contribution in [1.29, 1.82) is 0 Å². The Morgan fingerprint density at radius 3 is 2.56 bits per heavy atom. The fourth-order valence-corrected chi connectivity index (χ4v) is 3.92. The maximum absolute atomic E-state index is 11.7. The molecule has 0 aromatic carbocycles. The average molecular weight is 268 g/mol. The minimum Gasteiger partial charge on any atom is -0.335 e. The number of carbonyl (C=O) groups is 1. The summed E-state index contributed by atoms with van der Waals surface area (Å²) in [7, 11) is -2.96. The molecule has 0 saturated carbocycles. The molecular weight excluding hydrogens is 250 g/mol. The summed E-state index contributed by atoms with van der Waals surface area (Å²) in [6.07, 6.45) is 1.34. The summed E-state index contributed by atoms with van der Waals surface area (Å²) in [4.78, 5) is 13.4. The molecule has 1 aliphatic rings. The van der Waals surface area contributed by atoms with Crippen LogP contribution in [0.4, 0.5) is 0 Å². The first-order valence-corrected chi connectivity index (χ1v) is 7.84. The molecule has 94 valence electrons. The van der Waals surface area contributed by atoms with Crippen LogP contribution in [0.1, 0.15) is 26.7 Å². The molecule has 0 N–H and O–H groups in total. The van der Waals surface area contributed by atoms with Crippen molar-refractivity contribution >= 4 is 27.3 Å². The lowest BCUT2D eigenvalue weighted by Crippen LogP contribution is -2.47. The Morgan fingerprint density at radius 1 is 1.56 bits per heavy atom. The third-order valence-corrected chi connectivity index (χ3v) is 5.05. The van der Waals surface area contributed by atoms with Crippen molar-refractivity contribution in [3.63, 3.8) is 0 Å². The molecule has 1 saturated heterocycles. The van der Waals surface area contributed by atoms with Gasteiger partial charge in [0.1, 0.15) is 5.88 Å². The first-order valence-electron chi connectivity index (χ1n) is 5.48. The molecule has 1 heterocycles. The number of amides is 1. The van der Waals surface area contributed by atoms with Gasteiger partial charge in [-0.25, -0.2) is 8.42 Å². The zero-order chi connectivity index (χ0) is 12.3. The summed E-state index contributed by atoms with van der Waals surface area (Å²) >= 11 is 5.56. The van der Waals surface area contributed by atoms with Crippen molar-refractivity contribution in [2.24, 2.45) is 0 Å². The van der Waals surface area contributed by atoms with Crippen molar-refractivity contribution < 1.29 is 13.2 Å². The van der Waals surface area contributed by atoms with Gasteiger partial charge in [0.15, 0.2) is 9.84 Å². The molecule has 0 aromatic heterocycles. The van der Waals surface area contributed by atoms with Gasteiger partial charge in [0.2, 0.25) is 5.91 Å². The minimum absolute atomic E-state index is 0.0459. The highest BCUT2D eigenvalue weighted by Gasteiger charge is 2.36. The Morgan fingerprint density at radius 2 is 2.19 bits per heavy atom. The molecule has 0 aliphatic carbocycles. The van der Waals surface area contributed by atoms with Crippen molar-refractivity contribution in [2.45, 2.75) is 38.8 Å². The minimum atomic E-state index is -2.96. The van der Waals surface area contributed by atoms with Gasteiger partial charge in [0, 0.05) is 12.1 Å². The Hall–Kier alpha value is -0.290. The van der Waals surface area contributed by atoms with Crippen LogP contribution in [-0.2, 0) is 14.6 Å². The number of carbonyl (C=O) groups excluding carboxylic acids is 1. The summed E-state index contributed by atoms with van der Waals surface area (Å²) in [5, 5.41) is 0. The van der Waals surface area contributed by atoms with Crippen LogP contribution in [0.15, 0.2) is 0 Å². The number of alkyl halides is 1. The average Bonchev–Trinajstić information content (AvgIpc) is 2.58. The van der Waals surface area contributed by atoms with E-state index in [0.717, 1.165) is 6.42 Å². The van der Waals surface area contributed by atoms with E-state index in [1.54, 1.807) is 4.90 Å². The summed E-state index contributed by atoms with van der Waals surface area (Å²) in [6, 6.07) is -0.143. The van der Waals surface area contributed by atoms with Crippen molar-refractivity contribution in [3.8, 4) is 0 Å². The lowest BCUT2D eigenvalue weighted by atomic mass is 10.1. The standard InChI is InChI=1S/C10H18ClNO3S/c1-3-8(2)12(10(13)6-11)9-4-5-16(14,15)7-9/h8-9H,3-7H2,1-2H3/t8-,9+/m0/s1. The van der Waals surface area contributed by atoms with Gasteiger partial charge in [0.25, 0.3) is 0 Å². The van der Waals surface area contributed by atoms with Crippen molar-refractivity contribution in [3.05, 3.63) is 0 Å². The molecule has 6 heteroatoms. The lowest BCUT2D eigenvalue weighted by molar-refractivity contribution is -0.132. The lowest BCUT2D eigenvalue weighted by Gasteiger charge is -2.33. The van der Waals surface area contributed by atoms with E-state index in [2.05, 4.69) is 0 Å². The molecule has 0 radical (unpaired) electrons. The predicted molar refractivity (Wildman–Crippen MR) is 64.4 cm³/mol. The Balaban J connectivity index is 2.82. The van der Waals surface area contributed by atoms with Crippen LogP contribution < -0.4 is 0 Å². The van der Waals surface area contributed by atoms with Gasteiger partial charge in [-0.15, -0.1) is 11.6 Å². The van der Waals surface area contributed by atoms with E-state index in [1.807, 2.05) is 13.8 Å². The molecule has 1 rings (SSSR count). The normalized spacial score (nSPS) is 25.3. The first-order chi connectivity index (χ1) is 7.41. The third-order valence-electron chi connectivity index (χ3n) is 3.07. The maximum Gasteiger partial charge on any atom is 0.238 e. The zero-order valence-electron chi connectivity index (χ0n) is 9.65. The van der Waals surface area contributed by atoms with Crippen LogP contribution >= 0.6 is 11.6 Å². The van der Waals surface area contributed by atoms with Crippen molar-refractivity contribution in [1.82, 2.24) is 4.90 Å². The van der Waals surface area contributed by atoms with E-state index in [9.17, 15) is 13.2 Å². The Labute approximate surface area is 102 Å². The van der Waals surface area contributed by atoms with Gasteiger partial charge in [-0.05, 0) is 19.8 Å². The van der Waals surface area contributed by atoms with Gasteiger partial charge >= 0.3 is 0 Å². The second-order valence-electron chi connectivity index (χ2n) is 4.25. The molecule has 0 spiro atoms. The zero-order valence-corrected chi connectivity index (χ0v) is 11.2. The maximum atomic E-state index is 11.7. The van der Waals surface area contributed by atoms with Crippen LogP contribution in [0.25, 0.3) is 0 Å². The molecule has 1 fully saturated rings. The summed E-state index contributed by atoms with van der Waals surface area (Å²) < 4.78 is 22.8. The molecule has 0 aromatic rings. The number of hydrogen-bond donors (Lipinski definition) is 0. The van der Waals surface area contributed by atoms with E-state index < -0.39 is 9.84 Å². The van der Waals surface area contributed by atoms with Crippen molar-refractivity contribution in [2.75, 3.05) is 17.4 Å². The second kappa shape index (κ2) is 5.36. The Kier molecular flexibility index (Phi) is 4.62. The highest BCUT2D eigenvalue weighted by Crippen LogP contribution is 2.21. The first kappa shape index (κ1) is 13.8. The molecular formula is C10H18ClNO3S. The number of rotatable bonds is 4. The molecule has 0 unspecified atom stereocenters. The molecule has 2 atom stereocenters. The monoisotopic (exact) mass is 267 g/mol. The molecule has 4 nitrogen and oxygen atoms in total. The molecule has 1 aliphatic heterocycles. The van der Waals surface area contributed by atoms with Crippen LogP contribution in [0.2, 0.25) is 0 Å². The fourth-order valence-electron chi connectivity index (χ4n) is 2.07. The van der Waals surface area contributed by atoms with Gasteiger partial charge in [-0.2, -0.15) is 0 Å². The van der Waals surface area contributed by atoms with Crippen LogP contribution in [0.5, 0.6) is 0 Å². The quantitative estimate of drug-likeness (QED) is 0.715. The van der Waals surface area contributed by atoms with Crippen LogP contribution in [0, 0.1) is 0 Å². The van der Waals surface area contributed by atoms with E-state index in [1.165, 1.54) is 0 Å². The van der Waals surface area contributed by atoms with Crippen LogP contribution in [-0.4, -0.2) is 48.7 Å². The molecule has 16 heavy (non-hydrogen) atoms. The topological polar surface area (TPSA) is 54.5 Å². The largest absolute Gasteiger partial charge is 0.335 e.